The molecule has 3 rings (SSSR count). The molecular formula is C18H16F2N2O5. The summed E-state index contributed by atoms with van der Waals surface area (Å²) in [5.41, 5.74) is -0.229. The molecule has 2 aromatic rings. The third kappa shape index (κ3) is 4.30. The average Bonchev–Trinajstić information content (AvgIpc) is 3.33. The Kier molecular flexibility index (Phi) is 5.49. The van der Waals surface area contributed by atoms with Crippen LogP contribution in [0, 0.1) is 11.6 Å². The first-order valence-corrected chi connectivity index (χ1v) is 8.21. The molecule has 2 amide bonds. The lowest BCUT2D eigenvalue weighted by Crippen LogP contribution is -2.42. The number of hydrogen-bond acceptors (Lipinski definition) is 5. The SMILES string of the molecule is O=C(COC(=O)C1CCCN1C(=O)c1ccco1)Nc1ccc(F)cc1F. The number of hydrogen-bond donors (Lipinski definition) is 1. The number of carbonyl (C=O) groups excluding carboxylic acids is 3. The van der Waals surface area contributed by atoms with Crippen molar-refractivity contribution in [3.8, 4) is 0 Å². The van der Waals surface area contributed by atoms with Crippen LogP contribution < -0.4 is 5.32 Å². The molecule has 1 unspecified atom stereocenters. The second-order valence-corrected chi connectivity index (χ2v) is 5.91. The van der Waals surface area contributed by atoms with Gasteiger partial charge in [-0.1, -0.05) is 0 Å². The number of furan rings is 1. The predicted octanol–water partition coefficient (Wildman–Crippen LogP) is 2.34. The Morgan fingerprint density at radius 1 is 1.26 bits per heavy atom. The normalized spacial score (nSPS) is 16.2. The summed E-state index contributed by atoms with van der Waals surface area (Å²) >= 11 is 0. The van der Waals surface area contributed by atoms with Gasteiger partial charge in [0.15, 0.2) is 12.4 Å². The Hall–Kier alpha value is -3.23. The molecule has 0 bridgehead atoms. The molecular weight excluding hydrogens is 362 g/mol. The van der Waals surface area contributed by atoms with E-state index in [4.69, 9.17) is 9.15 Å². The van der Waals surface area contributed by atoms with E-state index in [1.54, 1.807) is 6.07 Å². The Morgan fingerprint density at radius 2 is 2.07 bits per heavy atom. The van der Waals surface area contributed by atoms with Gasteiger partial charge in [0.05, 0.1) is 12.0 Å². The van der Waals surface area contributed by atoms with Crippen LogP contribution in [0.25, 0.3) is 0 Å². The number of carbonyl (C=O) groups is 3. The van der Waals surface area contributed by atoms with E-state index in [1.807, 2.05) is 0 Å². The molecule has 1 aliphatic heterocycles. The highest BCUT2D eigenvalue weighted by Crippen LogP contribution is 2.21. The van der Waals surface area contributed by atoms with Crippen LogP contribution in [-0.2, 0) is 14.3 Å². The van der Waals surface area contributed by atoms with Crippen molar-refractivity contribution in [3.63, 3.8) is 0 Å². The first-order chi connectivity index (χ1) is 13.0. The lowest BCUT2D eigenvalue weighted by Gasteiger charge is -2.22. The molecule has 0 saturated carbocycles. The van der Waals surface area contributed by atoms with Crippen LogP contribution in [0.2, 0.25) is 0 Å². The number of esters is 1. The van der Waals surface area contributed by atoms with Gasteiger partial charge < -0.3 is 19.4 Å². The number of amides is 2. The second kappa shape index (κ2) is 7.98. The minimum Gasteiger partial charge on any atom is -0.459 e. The Morgan fingerprint density at radius 3 is 2.78 bits per heavy atom. The zero-order chi connectivity index (χ0) is 19.4. The lowest BCUT2D eigenvalue weighted by molar-refractivity contribution is -0.151. The van der Waals surface area contributed by atoms with Crippen LogP contribution in [0.15, 0.2) is 41.0 Å². The van der Waals surface area contributed by atoms with E-state index >= 15 is 0 Å². The van der Waals surface area contributed by atoms with Gasteiger partial charge in [-0.05, 0) is 37.1 Å². The molecule has 0 radical (unpaired) electrons. The topological polar surface area (TPSA) is 88.9 Å². The van der Waals surface area contributed by atoms with E-state index in [0.29, 0.717) is 25.5 Å². The summed E-state index contributed by atoms with van der Waals surface area (Å²) in [4.78, 5) is 37.7. The van der Waals surface area contributed by atoms with E-state index in [9.17, 15) is 23.2 Å². The quantitative estimate of drug-likeness (QED) is 0.807. The zero-order valence-electron chi connectivity index (χ0n) is 14.1. The van der Waals surface area contributed by atoms with Gasteiger partial charge in [0, 0.05) is 12.6 Å². The molecule has 2 heterocycles. The van der Waals surface area contributed by atoms with Crippen molar-refractivity contribution >= 4 is 23.5 Å². The fraction of sp³-hybridized carbons (Fsp3) is 0.278. The molecule has 1 N–H and O–H groups in total. The molecule has 1 saturated heterocycles. The predicted molar refractivity (Wildman–Crippen MR) is 88.7 cm³/mol. The van der Waals surface area contributed by atoms with Crippen LogP contribution >= 0.6 is 0 Å². The van der Waals surface area contributed by atoms with E-state index in [-0.39, 0.29) is 11.4 Å². The van der Waals surface area contributed by atoms with E-state index in [1.165, 1.54) is 17.2 Å². The fourth-order valence-electron chi connectivity index (χ4n) is 2.81. The Bertz CT molecular complexity index is 853. The third-order valence-corrected chi connectivity index (χ3v) is 4.07. The number of rotatable bonds is 5. The van der Waals surface area contributed by atoms with E-state index < -0.39 is 42.1 Å². The molecule has 7 nitrogen and oxygen atoms in total. The molecule has 0 spiro atoms. The Balaban J connectivity index is 1.55. The van der Waals surface area contributed by atoms with Crippen LogP contribution in [0.1, 0.15) is 23.4 Å². The van der Waals surface area contributed by atoms with Crippen molar-refractivity contribution in [2.24, 2.45) is 0 Å². The maximum atomic E-state index is 13.5. The van der Waals surface area contributed by atoms with Gasteiger partial charge >= 0.3 is 5.97 Å². The van der Waals surface area contributed by atoms with Gasteiger partial charge in [-0.3, -0.25) is 9.59 Å². The van der Waals surface area contributed by atoms with Crippen molar-refractivity contribution in [3.05, 3.63) is 54.0 Å². The molecule has 1 atom stereocenters. The van der Waals surface area contributed by atoms with Gasteiger partial charge in [0.2, 0.25) is 0 Å². The van der Waals surface area contributed by atoms with Gasteiger partial charge in [0.25, 0.3) is 11.8 Å². The maximum Gasteiger partial charge on any atom is 0.329 e. The maximum absolute atomic E-state index is 13.5. The lowest BCUT2D eigenvalue weighted by atomic mass is 10.2. The molecule has 1 fully saturated rings. The number of benzene rings is 1. The smallest absolute Gasteiger partial charge is 0.329 e. The van der Waals surface area contributed by atoms with Gasteiger partial charge in [-0.15, -0.1) is 0 Å². The summed E-state index contributed by atoms with van der Waals surface area (Å²) in [6.45, 7) is -0.290. The minimum absolute atomic E-state index is 0.110. The summed E-state index contributed by atoms with van der Waals surface area (Å²) in [5, 5.41) is 2.19. The highest BCUT2D eigenvalue weighted by atomic mass is 19.1. The summed E-state index contributed by atoms with van der Waals surface area (Å²) in [6.07, 6.45) is 2.37. The molecule has 27 heavy (non-hydrogen) atoms. The molecule has 1 aromatic carbocycles. The summed E-state index contributed by atoms with van der Waals surface area (Å²) in [5.74, 6) is -3.56. The molecule has 1 aromatic heterocycles. The van der Waals surface area contributed by atoms with Crippen LogP contribution in [0.5, 0.6) is 0 Å². The zero-order valence-corrected chi connectivity index (χ0v) is 14.1. The van der Waals surface area contributed by atoms with Crippen LogP contribution in [-0.4, -0.2) is 41.9 Å². The molecule has 1 aliphatic rings. The number of nitrogens with zero attached hydrogens (tertiary/aromatic N) is 1. The highest BCUT2D eigenvalue weighted by Gasteiger charge is 2.36. The van der Waals surface area contributed by atoms with E-state index in [2.05, 4.69) is 5.32 Å². The van der Waals surface area contributed by atoms with Crippen LogP contribution in [0.3, 0.4) is 0 Å². The monoisotopic (exact) mass is 378 g/mol. The van der Waals surface area contributed by atoms with Gasteiger partial charge in [0.1, 0.15) is 17.7 Å². The second-order valence-electron chi connectivity index (χ2n) is 5.91. The molecule has 142 valence electrons. The molecule has 9 heteroatoms. The number of nitrogens with one attached hydrogen (secondary N) is 1. The fourth-order valence-corrected chi connectivity index (χ4v) is 2.81. The highest BCUT2D eigenvalue weighted by molar-refractivity contribution is 5.96. The first kappa shape index (κ1) is 18.6. The van der Waals surface area contributed by atoms with Crippen molar-refractivity contribution < 1.29 is 32.3 Å². The van der Waals surface area contributed by atoms with Gasteiger partial charge in [-0.2, -0.15) is 0 Å². The summed E-state index contributed by atoms with van der Waals surface area (Å²) in [7, 11) is 0. The van der Waals surface area contributed by atoms with Crippen molar-refractivity contribution in [1.29, 1.82) is 0 Å². The van der Waals surface area contributed by atoms with Crippen LogP contribution in [0.4, 0.5) is 14.5 Å². The summed E-state index contributed by atoms with van der Waals surface area (Å²) in [6, 6.07) is 4.91. The van der Waals surface area contributed by atoms with Crippen molar-refractivity contribution in [1.82, 2.24) is 4.90 Å². The standard InChI is InChI=1S/C18H16F2N2O5/c19-11-5-6-13(12(20)9-11)21-16(23)10-27-18(25)14-3-1-7-22(14)17(24)15-4-2-8-26-15/h2,4-6,8-9,14H,1,3,7,10H2,(H,21,23). The van der Waals surface area contributed by atoms with E-state index in [0.717, 1.165) is 12.1 Å². The number of ether oxygens (including phenoxy) is 1. The number of halogens is 2. The minimum atomic E-state index is -0.944. The summed E-state index contributed by atoms with van der Waals surface area (Å²) < 4.78 is 36.4. The largest absolute Gasteiger partial charge is 0.459 e. The Labute approximate surface area is 152 Å². The number of anilines is 1. The van der Waals surface area contributed by atoms with Crippen molar-refractivity contribution in [2.45, 2.75) is 18.9 Å². The first-order valence-electron chi connectivity index (χ1n) is 8.21. The molecule has 0 aliphatic carbocycles. The number of likely N-dealkylation sites (tertiary alicyclic amines) is 1. The van der Waals surface area contributed by atoms with Crippen molar-refractivity contribution in [2.75, 3.05) is 18.5 Å². The average molecular weight is 378 g/mol. The van der Waals surface area contributed by atoms with Gasteiger partial charge in [-0.25, -0.2) is 13.6 Å². The third-order valence-electron chi connectivity index (χ3n) is 4.07.